The molecule has 64 valence electrons. The lowest BCUT2D eigenvalue weighted by molar-refractivity contribution is -0.123. The Morgan fingerprint density at radius 1 is 1.73 bits per heavy atom. The van der Waals surface area contributed by atoms with Crippen molar-refractivity contribution in [3.63, 3.8) is 0 Å². The zero-order chi connectivity index (χ0) is 8.27. The van der Waals surface area contributed by atoms with Crippen LogP contribution >= 0.6 is 0 Å². The van der Waals surface area contributed by atoms with Crippen molar-refractivity contribution in [1.29, 1.82) is 0 Å². The van der Waals surface area contributed by atoms with Gasteiger partial charge in [0, 0.05) is 5.92 Å². The molecule has 1 saturated heterocycles. The number of rotatable bonds is 2. The van der Waals surface area contributed by atoms with Gasteiger partial charge >= 0.3 is 0 Å². The Bertz CT molecular complexity index is 141. The van der Waals surface area contributed by atoms with E-state index in [1.54, 1.807) is 0 Å². The van der Waals surface area contributed by atoms with Crippen molar-refractivity contribution in [1.82, 2.24) is 5.32 Å². The average Bonchev–Trinajstić information content (AvgIpc) is 2.05. The molecule has 3 N–H and O–H groups in total. The smallest absolute Gasteiger partial charge is 0.220 e. The molecule has 0 aromatic heterocycles. The van der Waals surface area contributed by atoms with Crippen molar-refractivity contribution in [3.8, 4) is 0 Å². The summed E-state index contributed by atoms with van der Waals surface area (Å²) in [5.74, 6) is 0.322. The molecule has 2 unspecified atom stereocenters. The Morgan fingerprint density at radius 2 is 2.45 bits per heavy atom. The number of carbonyl (C=O) groups excluding carboxylic acids is 1. The summed E-state index contributed by atoms with van der Waals surface area (Å²) in [5, 5.41) is 3.26. The van der Waals surface area contributed by atoms with E-state index in [4.69, 9.17) is 5.73 Å². The van der Waals surface area contributed by atoms with Crippen LogP contribution in [0.3, 0.4) is 0 Å². The van der Waals surface area contributed by atoms with Crippen molar-refractivity contribution >= 4 is 5.91 Å². The Balaban J connectivity index is 2.38. The highest BCUT2D eigenvalue weighted by Gasteiger charge is 2.23. The van der Waals surface area contributed by atoms with Crippen molar-refractivity contribution in [2.45, 2.75) is 19.8 Å². The van der Waals surface area contributed by atoms with Crippen LogP contribution in [0.25, 0.3) is 0 Å². The highest BCUT2D eigenvalue weighted by molar-refractivity contribution is 5.76. The molecule has 1 amide bonds. The zero-order valence-electron chi connectivity index (χ0n) is 6.97. The van der Waals surface area contributed by atoms with Gasteiger partial charge in [0.15, 0.2) is 0 Å². The number of primary amides is 1. The third-order valence-corrected chi connectivity index (χ3v) is 2.49. The molecule has 3 nitrogen and oxygen atoms in total. The standard InChI is InChI=1S/C8H16N2O/c1-6(8(9)11)7-3-2-4-10-5-7/h6-7,10H,2-5H2,1H3,(H2,9,11). The summed E-state index contributed by atoms with van der Waals surface area (Å²) < 4.78 is 0. The Morgan fingerprint density at radius 3 is 2.91 bits per heavy atom. The normalized spacial score (nSPS) is 27.9. The van der Waals surface area contributed by atoms with Crippen LogP contribution in [0.5, 0.6) is 0 Å². The third kappa shape index (κ3) is 2.19. The molecule has 0 aromatic rings. The summed E-state index contributed by atoms with van der Waals surface area (Å²) >= 11 is 0. The van der Waals surface area contributed by atoms with Gasteiger partial charge in [0.1, 0.15) is 0 Å². The van der Waals surface area contributed by atoms with E-state index in [9.17, 15) is 4.79 Å². The summed E-state index contributed by atoms with van der Waals surface area (Å²) in [6.07, 6.45) is 2.30. The van der Waals surface area contributed by atoms with E-state index in [1.165, 1.54) is 6.42 Å². The fourth-order valence-electron chi connectivity index (χ4n) is 1.54. The van der Waals surface area contributed by atoms with Gasteiger partial charge < -0.3 is 11.1 Å². The summed E-state index contributed by atoms with van der Waals surface area (Å²) in [6, 6.07) is 0. The summed E-state index contributed by atoms with van der Waals surface area (Å²) in [5.41, 5.74) is 5.20. The molecule has 0 aliphatic carbocycles. The zero-order valence-corrected chi connectivity index (χ0v) is 6.97. The second-order valence-electron chi connectivity index (χ2n) is 3.30. The maximum absolute atomic E-state index is 10.8. The molecule has 0 aromatic carbocycles. The largest absolute Gasteiger partial charge is 0.369 e. The molecule has 1 fully saturated rings. The van der Waals surface area contributed by atoms with Crippen LogP contribution in [-0.2, 0) is 4.79 Å². The Hall–Kier alpha value is -0.570. The van der Waals surface area contributed by atoms with Gasteiger partial charge in [-0.05, 0) is 31.8 Å². The quantitative estimate of drug-likeness (QED) is 0.596. The Kier molecular flexibility index (Phi) is 2.88. The highest BCUT2D eigenvalue weighted by atomic mass is 16.1. The molecule has 1 aliphatic rings. The molecule has 0 spiro atoms. The maximum atomic E-state index is 10.8. The van der Waals surface area contributed by atoms with E-state index in [2.05, 4.69) is 5.32 Å². The minimum atomic E-state index is -0.168. The van der Waals surface area contributed by atoms with E-state index in [0.717, 1.165) is 19.5 Å². The fraction of sp³-hybridized carbons (Fsp3) is 0.875. The molecule has 3 heteroatoms. The minimum absolute atomic E-state index is 0.0304. The van der Waals surface area contributed by atoms with E-state index in [0.29, 0.717) is 5.92 Å². The van der Waals surface area contributed by atoms with Gasteiger partial charge in [0.25, 0.3) is 0 Å². The first kappa shape index (κ1) is 8.53. The number of hydrogen-bond acceptors (Lipinski definition) is 2. The first-order valence-corrected chi connectivity index (χ1v) is 4.22. The monoisotopic (exact) mass is 156 g/mol. The molecular weight excluding hydrogens is 140 g/mol. The van der Waals surface area contributed by atoms with Gasteiger partial charge in [-0.15, -0.1) is 0 Å². The van der Waals surface area contributed by atoms with E-state index < -0.39 is 0 Å². The molecule has 1 rings (SSSR count). The highest BCUT2D eigenvalue weighted by Crippen LogP contribution is 2.18. The third-order valence-electron chi connectivity index (χ3n) is 2.49. The lowest BCUT2D eigenvalue weighted by Gasteiger charge is -2.26. The number of nitrogens with two attached hydrogens (primary N) is 1. The predicted molar refractivity (Wildman–Crippen MR) is 44.0 cm³/mol. The van der Waals surface area contributed by atoms with Gasteiger partial charge in [-0.1, -0.05) is 6.92 Å². The van der Waals surface area contributed by atoms with Crippen molar-refractivity contribution in [2.75, 3.05) is 13.1 Å². The fourth-order valence-corrected chi connectivity index (χ4v) is 1.54. The van der Waals surface area contributed by atoms with Crippen LogP contribution in [-0.4, -0.2) is 19.0 Å². The van der Waals surface area contributed by atoms with E-state index in [1.807, 2.05) is 6.92 Å². The van der Waals surface area contributed by atoms with Crippen LogP contribution < -0.4 is 11.1 Å². The van der Waals surface area contributed by atoms with Gasteiger partial charge in [0.2, 0.25) is 5.91 Å². The molecule has 11 heavy (non-hydrogen) atoms. The molecule has 1 heterocycles. The molecule has 0 saturated carbocycles. The summed E-state index contributed by atoms with van der Waals surface area (Å²) in [7, 11) is 0. The SMILES string of the molecule is CC(C(N)=O)C1CCCNC1. The van der Waals surface area contributed by atoms with Gasteiger partial charge in [-0.3, -0.25) is 4.79 Å². The lowest BCUT2D eigenvalue weighted by atomic mass is 9.87. The second-order valence-corrected chi connectivity index (χ2v) is 3.30. The van der Waals surface area contributed by atoms with Crippen LogP contribution in [0.2, 0.25) is 0 Å². The van der Waals surface area contributed by atoms with Gasteiger partial charge in [-0.25, -0.2) is 0 Å². The number of hydrogen-bond donors (Lipinski definition) is 2. The number of piperidine rings is 1. The van der Waals surface area contributed by atoms with Crippen LogP contribution in [0.15, 0.2) is 0 Å². The number of amides is 1. The first-order chi connectivity index (χ1) is 5.22. The maximum Gasteiger partial charge on any atom is 0.220 e. The number of carbonyl (C=O) groups is 1. The molecule has 1 aliphatic heterocycles. The molecule has 2 atom stereocenters. The number of nitrogens with one attached hydrogen (secondary N) is 1. The lowest BCUT2D eigenvalue weighted by Crippen LogP contribution is -2.38. The van der Waals surface area contributed by atoms with Crippen LogP contribution in [0.1, 0.15) is 19.8 Å². The summed E-state index contributed by atoms with van der Waals surface area (Å²) in [6.45, 7) is 3.95. The molecule has 0 radical (unpaired) electrons. The van der Waals surface area contributed by atoms with Crippen LogP contribution in [0, 0.1) is 11.8 Å². The molecule has 0 bridgehead atoms. The van der Waals surface area contributed by atoms with Gasteiger partial charge in [-0.2, -0.15) is 0 Å². The summed E-state index contributed by atoms with van der Waals surface area (Å²) in [4.78, 5) is 10.8. The minimum Gasteiger partial charge on any atom is -0.369 e. The van der Waals surface area contributed by atoms with Gasteiger partial charge in [0.05, 0.1) is 0 Å². The first-order valence-electron chi connectivity index (χ1n) is 4.22. The Labute approximate surface area is 67.3 Å². The second kappa shape index (κ2) is 3.72. The van der Waals surface area contributed by atoms with E-state index in [-0.39, 0.29) is 11.8 Å². The van der Waals surface area contributed by atoms with Crippen molar-refractivity contribution < 1.29 is 4.79 Å². The predicted octanol–water partition coefficient (Wildman–Crippen LogP) is 0.107. The average molecular weight is 156 g/mol. The van der Waals surface area contributed by atoms with Crippen molar-refractivity contribution in [2.24, 2.45) is 17.6 Å². The van der Waals surface area contributed by atoms with Crippen LogP contribution in [0.4, 0.5) is 0 Å². The van der Waals surface area contributed by atoms with Crippen molar-refractivity contribution in [3.05, 3.63) is 0 Å². The topological polar surface area (TPSA) is 55.1 Å². The molecular formula is C8H16N2O. The van der Waals surface area contributed by atoms with E-state index >= 15 is 0 Å².